The van der Waals surface area contributed by atoms with Crippen molar-refractivity contribution in [3.63, 3.8) is 0 Å². The lowest BCUT2D eigenvalue weighted by Crippen LogP contribution is -2.40. The van der Waals surface area contributed by atoms with E-state index in [-0.39, 0.29) is 5.04 Å². The van der Waals surface area contributed by atoms with Crippen LogP contribution in [0.4, 0.5) is 11.4 Å². The first-order chi connectivity index (χ1) is 11.2. The molecule has 0 spiro atoms. The second-order valence-corrected chi connectivity index (χ2v) is 13.7. The predicted molar refractivity (Wildman–Crippen MR) is 106 cm³/mol. The van der Waals surface area contributed by atoms with Gasteiger partial charge in [0.2, 0.25) is 0 Å². The average molecular weight is 357 g/mol. The lowest BCUT2D eigenvalue weighted by atomic mass is 10.1. The van der Waals surface area contributed by atoms with Crippen LogP contribution in [-0.2, 0) is 11.0 Å². The molecule has 0 aromatic heterocycles. The molecule has 1 aliphatic rings. The van der Waals surface area contributed by atoms with Gasteiger partial charge in [0, 0.05) is 16.8 Å². The van der Waals surface area contributed by atoms with Crippen molar-refractivity contribution in [1.29, 1.82) is 0 Å². The van der Waals surface area contributed by atoms with Crippen molar-refractivity contribution in [2.24, 2.45) is 0 Å². The molecule has 0 N–H and O–H groups in total. The average Bonchev–Trinajstić information content (AvgIpc) is 2.52. The summed E-state index contributed by atoms with van der Waals surface area (Å²) >= 11 is 1.81. The van der Waals surface area contributed by atoms with Crippen LogP contribution in [0, 0.1) is 6.07 Å². The van der Waals surface area contributed by atoms with Gasteiger partial charge in [-0.2, -0.15) is 0 Å². The van der Waals surface area contributed by atoms with E-state index in [1.54, 1.807) is 0 Å². The third-order valence-corrected chi connectivity index (χ3v) is 10.9. The van der Waals surface area contributed by atoms with E-state index < -0.39 is 8.32 Å². The molecule has 2 aromatic carbocycles. The van der Waals surface area contributed by atoms with Crippen molar-refractivity contribution < 1.29 is 4.43 Å². The highest BCUT2D eigenvalue weighted by Gasteiger charge is 2.37. The lowest BCUT2D eigenvalue weighted by Gasteiger charge is -2.37. The minimum atomic E-state index is -1.75. The largest absolute Gasteiger partial charge is 0.413 e. The van der Waals surface area contributed by atoms with Crippen LogP contribution in [0.5, 0.6) is 0 Å². The number of nitrogens with zero attached hydrogens (tertiary/aromatic N) is 1. The Morgan fingerprint density at radius 2 is 1.83 bits per heavy atom. The fraction of sp³-hybridized carbons (Fsp3) is 0.400. The Labute approximate surface area is 151 Å². The standard InChI is InChI=1S/C20H26NOSSi/c1-20(2,3)24(5,6)22-14-15-10-9-12-17-19(15)23-18-13-8-7-11-16(18)21(17)4/h7-12H,14H2,1-6H3. The summed E-state index contributed by atoms with van der Waals surface area (Å²) in [7, 11) is 0.376. The first kappa shape index (κ1) is 17.6. The van der Waals surface area contributed by atoms with Gasteiger partial charge in [-0.25, -0.2) is 0 Å². The third kappa shape index (κ3) is 3.15. The zero-order valence-electron chi connectivity index (χ0n) is 15.4. The summed E-state index contributed by atoms with van der Waals surface area (Å²) in [5, 5.41) is 0.228. The van der Waals surface area contributed by atoms with Crippen LogP contribution in [-0.4, -0.2) is 15.4 Å². The minimum Gasteiger partial charge on any atom is -0.413 e. The van der Waals surface area contributed by atoms with Crippen molar-refractivity contribution in [2.45, 2.75) is 55.3 Å². The Morgan fingerprint density at radius 1 is 1.12 bits per heavy atom. The first-order valence-corrected chi connectivity index (χ1v) is 12.1. The fourth-order valence-corrected chi connectivity index (χ4v) is 4.69. The number of benzene rings is 2. The Bertz CT molecular complexity index is 752. The molecule has 0 amide bonds. The third-order valence-electron chi connectivity index (χ3n) is 5.19. The van der Waals surface area contributed by atoms with Crippen molar-refractivity contribution in [3.8, 4) is 0 Å². The molecule has 0 fully saturated rings. The van der Waals surface area contributed by atoms with Crippen LogP contribution in [0.1, 0.15) is 26.3 Å². The van der Waals surface area contributed by atoms with E-state index in [1.807, 2.05) is 23.9 Å². The van der Waals surface area contributed by atoms with Crippen molar-refractivity contribution in [2.75, 3.05) is 11.9 Å². The number of hydrogen-bond donors (Lipinski definition) is 0. The van der Waals surface area contributed by atoms with E-state index in [2.05, 4.69) is 76.1 Å². The van der Waals surface area contributed by atoms with Gasteiger partial charge in [0.25, 0.3) is 0 Å². The SMILES string of the molecule is CN1c2ccc[c]c2Sc2c(CO[Si](C)(C)C(C)(C)C)cccc21. The van der Waals surface area contributed by atoms with E-state index in [0.29, 0.717) is 6.61 Å². The molecule has 1 radical (unpaired) electrons. The minimum absolute atomic E-state index is 0.228. The van der Waals surface area contributed by atoms with Gasteiger partial charge in [-0.15, -0.1) is 0 Å². The van der Waals surface area contributed by atoms with Gasteiger partial charge < -0.3 is 9.33 Å². The van der Waals surface area contributed by atoms with Crippen molar-refractivity contribution >= 4 is 31.5 Å². The van der Waals surface area contributed by atoms with Gasteiger partial charge in [0.1, 0.15) is 0 Å². The molecule has 1 heterocycles. The summed E-state index contributed by atoms with van der Waals surface area (Å²) in [5.41, 5.74) is 3.75. The highest BCUT2D eigenvalue weighted by Crippen LogP contribution is 2.49. The molecule has 24 heavy (non-hydrogen) atoms. The van der Waals surface area contributed by atoms with E-state index in [0.717, 1.165) is 0 Å². The Morgan fingerprint density at radius 3 is 2.54 bits per heavy atom. The maximum atomic E-state index is 6.47. The lowest BCUT2D eigenvalue weighted by molar-refractivity contribution is 0.274. The maximum absolute atomic E-state index is 6.47. The highest BCUT2D eigenvalue weighted by molar-refractivity contribution is 7.99. The monoisotopic (exact) mass is 356 g/mol. The van der Waals surface area contributed by atoms with Crippen molar-refractivity contribution in [1.82, 2.24) is 0 Å². The molecule has 0 saturated carbocycles. The highest BCUT2D eigenvalue weighted by atomic mass is 32.2. The van der Waals surface area contributed by atoms with Gasteiger partial charge in [-0.05, 0) is 41.9 Å². The second-order valence-electron chi connectivity index (χ2n) is 7.86. The Balaban J connectivity index is 1.90. The molecule has 0 saturated heterocycles. The van der Waals surface area contributed by atoms with Gasteiger partial charge in [0.05, 0.1) is 18.0 Å². The number of anilines is 2. The predicted octanol–water partition coefficient (Wildman–Crippen LogP) is 6.24. The summed E-state index contributed by atoms with van der Waals surface area (Å²) in [5.74, 6) is 0. The van der Waals surface area contributed by atoms with Gasteiger partial charge in [0.15, 0.2) is 8.32 Å². The van der Waals surface area contributed by atoms with Crippen molar-refractivity contribution in [3.05, 3.63) is 48.0 Å². The van der Waals surface area contributed by atoms with Gasteiger partial charge in [-0.1, -0.05) is 56.8 Å². The summed E-state index contributed by atoms with van der Waals surface area (Å²) in [6, 6.07) is 16.1. The van der Waals surface area contributed by atoms with Crippen LogP contribution in [0.3, 0.4) is 0 Å². The summed E-state index contributed by atoms with van der Waals surface area (Å²) in [6.45, 7) is 12.2. The van der Waals surface area contributed by atoms with Crippen LogP contribution >= 0.6 is 11.8 Å². The van der Waals surface area contributed by atoms with Gasteiger partial charge >= 0.3 is 0 Å². The molecular weight excluding hydrogens is 330 g/mol. The number of fused-ring (bicyclic) bond motifs is 2. The fourth-order valence-electron chi connectivity index (χ4n) is 2.53. The van der Waals surface area contributed by atoms with Crippen LogP contribution < -0.4 is 4.90 Å². The molecular formula is C20H26NOSSi. The van der Waals surface area contributed by atoms with Crippen LogP contribution in [0.15, 0.2) is 46.2 Å². The van der Waals surface area contributed by atoms with E-state index in [1.165, 1.54) is 26.7 Å². The summed E-state index contributed by atoms with van der Waals surface area (Å²) in [6.07, 6.45) is 0. The molecule has 4 heteroatoms. The maximum Gasteiger partial charge on any atom is 0.192 e. The first-order valence-electron chi connectivity index (χ1n) is 8.39. The molecule has 127 valence electrons. The molecule has 0 aliphatic carbocycles. The molecule has 1 aliphatic heterocycles. The molecule has 0 atom stereocenters. The molecule has 2 aromatic rings. The quantitative estimate of drug-likeness (QED) is 0.604. The summed E-state index contributed by atoms with van der Waals surface area (Å²) < 4.78 is 6.47. The van der Waals surface area contributed by atoms with E-state index >= 15 is 0 Å². The zero-order valence-corrected chi connectivity index (χ0v) is 17.3. The van der Waals surface area contributed by atoms with Crippen LogP contribution in [0.2, 0.25) is 18.1 Å². The Hall–Kier alpha value is -1.23. The zero-order chi connectivity index (χ0) is 17.5. The van der Waals surface area contributed by atoms with E-state index in [9.17, 15) is 0 Å². The molecule has 0 bridgehead atoms. The van der Waals surface area contributed by atoms with Crippen LogP contribution in [0.25, 0.3) is 0 Å². The molecule has 2 nitrogen and oxygen atoms in total. The Kier molecular flexibility index (Phi) is 4.58. The normalized spacial score (nSPS) is 14.3. The molecule has 0 unspecified atom stereocenters. The topological polar surface area (TPSA) is 12.5 Å². The smallest absolute Gasteiger partial charge is 0.192 e. The van der Waals surface area contributed by atoms with E-state index in [4.69, 9.17) is 4.43 Å². The van der Waals surface area contributed by atoms with Gasteiger partial charge in [-0.3, -0.25) is 0 Å². The number of hydrogen-bond acceptors (Lipinski definition) is 3. The second kappa shape index (κ2) is 6.25. The number of rotatable bonds is 3. The molecule has 3 rings (SSSR count). The summed E-state index contributed by atoms with van der Waals surface area (Å²) in [4.78, 5) is 4.74.